The normalized spacial score (nSPS) is 11.1. The molecule has 5 nitrogen and oxygen atoms in total. The summed E-state index contributed by atoms with van der Waals surface area (Å²) < 4.78 is 23.6. The molecule has 0 saturated heterocycles. The van der Waals surface area contributed by atoms with Gasteiger partial charge in [-0.15, -0.1) is 0 Å². The fraction of sp³-hybridized carbons (Fsp3) is 0.364. The molecule has 1 aromatic carbocycles. The van der Waals surface area contributed by atoms with Crippen LogP contribution in [0.1, 0.15) is 5.56 Å². The summed E-state index contributed by atoms with van der Waals surface area (Å²) in [7, 11) is -3.31. The summed E-state index contributed by atoms with van der Waals surface area (Å²) in [6, 6.07) is 9.74. The molecule has 0 radical (unpaired) electrons. The summed E-state index contributed by atoms with van der Waals surface area (Å²) in [6.07, 6.45) is 1.75. The van der Waals surface area contributed by atoms with Gasteiger partial charge in [0.15, 0.2) is 0 Å². The van der Waals surface area contributed by atoms with Crippen molar-refractivity contribution < 1.29 is 13.2 Å². The molecule has 0 aromatic heterocycles. The molecule has 0 heterocycles. The summed E-state index contributed by atoms with van der Waals surface area (Å²) in [5, 5.41) is 2.64. The number of carbonyl (C=O) groups excluding carboxylic acids is 1. The summed E-state index contributed by atoms with van der Waals surface area (Å²) in [4.78, 5) is 11.2. The smallest absolute Gasteiger partial charge is 0.235 e. The molecule has 17 heavy (non-hydrogen) atoms. The molecule has 1 aromatic rings. The number of carbonyl (C=O) groups is 1. The molecule has 0 fully saturated rings. The number of benzene rings is 1. The first kappa shape index (κ1) is 13.7. The van der Waals surface area contributed by atoms with Crippen LogP contribution in [0.5, 0.6) is 0 Å². The van der Waals surface area contributed by atoms with Crippen molar-refractivity contribution in [1.29, 1.82) is 0 Å². The highest BCUT2D eigenvalue weighted by molar-refractivity contribution is 7.88. The monoisotopic (exact) mass is 256 g/mol. The van der Waals surface area contributed by atoms with Gasteiger partial charge in [-0.05, 0) is 12.0 Å². The first-order valence-electron chi connectivity index (χ1n) is 5.22. The van der Waals surface area contributed by atoms with E-state index in [1.54, 1.807) is 0 Å². The second kappa shape index (κ2) is 6.36. The quantitative estimate of drug-likeness (QED) is 0.746. The van der Waals surface area contributed by atoms with Crippen LogP contribution in [-0.4, -0.2) is 33.7 Å². The zero-order valence-corrected chi connectivity index (χ0v) is 10.5. The maximum atomic E-state index is 11.2. The molecule has 0 saturated carbocycles. The van der Waals surface area contributed by atoms with Crippen molar-refractivity contribution >= 4 is 15.9 Å². The highest BCUT2D eigenvalue weighted by Crippen LogP contribution is 1.97. The minimum Gasteiger partial charge on any atom is -0.355 e. The SMILES string of the molecule is CS(=O)(=O)NCC(=O)NCCc1ccccc1. The summed E-state index contributed by atoms with van der Waals surface area (Å²) in [5.41, 5.74) is 1.13. The third-order valence-electron chi connectivity index (χ3n) is 2.07. The van der Waals surface area contributed by atoms with Crippen LogP contribution in [0, 0.1) is 0 Å². The highest BCUT2D eigenvalue weighted by Gasteiger charge is 2.05. The minimum atomic E-state index is -3.31. The second-order valence-corrected chi connectivity index (χ2v) is 5.51. The lowest BCUT2D eigenvalue weighted by molar-refractivity contribution is -0.119. The molecule has 1 amide bonds. The van der Waals surface area contributed by atoms with Gasteiger partial charge in [-0.2, -0.15) is 0 Å². The van der Waals surface area contributed by atoms with Gasteiger partial charge in [-0.1, -0.05) is 30.3 Å². The summed E-state index contributed by atoms with van der Waals surface area (Å²) in [5.74, 6) is -0.327. The van der Waals surface area contributed by atoms with E-state index in [0.717, 1.165) is 18.2 Å². The molecule has 2 N–H and O–H groups in total. The molecule has 0 atom stereocenters. The molecule has 0 bridgehead atoms. The molecule has 94 valence electrons. The third-order valence-corrected chi connectivity index (χ3v) is 2.74. The van der Waals surface area contributed by atoms with E-state index < -0.39 is 10.0 Å². The van der Waals surface area contributed by atoms with Gasteiger partial charge in [-0.25, -0.2) is 13.1 Å². The fourth-order valence-electron chi connectivity index (χ4n) is 1.25. The van der Waals surface area contributed by atoms with Gasteiger partial charge in [0.05, 0.1) is 12.8 Å². The maximum absolute atomic E-state index is 11.2. The molecular weight excluding hydrogens is 240 g/mol. The highest BCUT2D eigenvalue weighted by atomic mass is 32.2. The Bertz CT molecular complexity index is 457. The van der Waals surface area contributed by atoms with E-state index in [9.17, 15) is 13.2 Å². The van der Waals surface area contributed by atoms with Gasteiger partial charge in [0.25, 0.3) is 0 Å². The van der Waals surface area contributed by atoms with E-state index in [-0.39, 0.29) is 12.5 Å². The van der Waals surface area contributed by atoms with Crippen LogP contribution in [0.3, 0.4) is 0 Å². The lowest BCUT2D eigenvalue weighted by Crippen LogP contribution is -2.37. The average Bonchev–Trinajstić information content (AvgIpc) is 2.27. The van der Waals surface area contributed by atoms with Crippen LogP contribution in [0.25, 0.3) is 0 Å². The van der Waals surface area contributed by atoms with E-state index in [1.807, 2.05) is 30.3 Å². The van der Waals surface area contributed by atoms with Crippen LogP contribution >= 0.6 is 0 Å². The topological polar surface area (TPSA) is 75.3 Å². The Hall–Kier alpha value is -1.40. The van der Waals surface area contributed by atoms with Crippen molar-refractivity contribution in [2.24, 2.45) is 0 Å². The van der Waals surface area contributed by atoms with Gasteiger partial charge in [0.2, 0.25) is 15.9 Å². The number of sulfonamides is 1. The molecule has 0 aliphatic heterocycles. The van der Waals surface area contributed by atoms with Gasteiger partial charge >= 0.3 is 0 Å². The zero-order chi connectivity index (χ0) is 12.7. The van der Waals surface area contributed by atoms with Crippen molar-refractivity contribution in [3.63, 3.8) is 0 Å². The van der Waals surface area contributed by atoms with Crippen molar-refractivity contribution in [1.82, 2.24) is 10.0 Å². The van der Waals surface area contributed by atoms with Gasteiger partial charge in [-0.3, -0.25) is 4.79 Å². The first-order chi connectivity index (χ1) is 7.97. The third kappa shape index (κ3) is 6.70. The van der Waals surface area contributed by atoms with Gasteiger partial charge in [0, 0.05) is 6.54 Å². The Morgan fingerprint density at radius 2 is 1.88 bits per heavy atom. The van der Waals surface area contributed by atoms with Crippen LogP contribution in [-0.2, 0) is 21.2 Å². The average molecular weight is 256 g/mol. The van der Waals surface area contributed by atoms with E-state index in [4.69, 9.17) is 0 Å². The fourth-order valence-corrected chi connectivity index (χ4v) is 1.64. The van der Waals surface area contributed by atoms with E-state index in [1.165, 1.54) is 0 Å². The molecule has 0 spiro atoms. The minimum absolute atomic E-state index is 0.215. The second-order valence-electron chi connectivity index (χ2n) is 3.68. The van der Waals surface area contributed by atoms with Crippen LogP contribution < -0.4 is 10.0 Å². The summed E-state index contributed by atoms with van der Waals surface area (Å²) in [6.45, 7) is 0.280. The largest absolute Gasteiger partial charge is 0.355 e. The lowest BCUT2D eigenvalue weighted by atomic mass is 10.1. The van der Waals surface area contributed by atoms with E-state index in [0.29, 0.717) is 6.54 Å². The zero-order valence-electron chi connectivity index (χ0n) is 9.64. The molecular formula is C11H16N2O3S. The summed E-state index contributed by atoms with van der Waals surface area (Å²) >= 11 is 0. The van der Waals surface area contributed by atoms with E-state index >= 15 is 0 Å². The van der Waals surface area contributed by atoms with Crippen molar-refractivity contribution in [2.45, 2.75) is 6.42 Å². The Kier molecular flexibility index (Phi) is 5.11. The van der Waals surface area contributed by atoms with Crippen molar-refractivity contribution in [2.75, 3.05) is 19.3 Å². The predicted molar refractivity (Wildman–Crippen MR) is 66.0 cm³/mol. The first-order valence-corrected chi connectivity index (χ1v) is 7.12. The number of rotatable bonds is 6. The molecule has 6 heteroatoms. The van der Waals surface area contributed by atoms with E-state index in [2.05, 4.69) is 10.0 Å². The van der Waals surface area contributed by atoms with Crippen LogP contribution in [0.4, 0.5) is 0 Å². The molecule has 0 aliphatic carbocycles. The Morgan fingerprint density at radius 1 is 1.24 bits per heavy atom. The van der Waals surface area contributed by atoms with Crippen LogP contribution in [0.15, 0.2) is 30.3 Å². The number of nitrogens with one attached hydrogen (secondary N) is 2. The van der Waals surface area contributed by atoms with Crippen LogP contribution in [0.2, 0.25) is 0 Å². The van der Waals surface area contributed by atoms with Gasteiger partial charge in [0.1, 0.15) is 0 Å². The lowest BCUT2D eigenvalue weighted by Gasteiger charge is -2.05. The predicted octanol–water partition coefficient (Wildman–Crippen LogP) is -0.105. The standard InChI is InChI=1S/C11H16N2O3S/c1-17(15,16)13-9-11(14)12-8-7-10-5-3-2-4-6-10/h2-6,13H,7-9H2,1H3,(H,12,14). The Morgan fingerprint density at radius 3 is 2.47 bits per heavy atom. The number of amides is 1. The Balaban J connectivity index is 2.21. The Labute approximate surface area is 101 Å². The molecule has 0 aliphatic rings. The molecule has 0 unspecified atom stereocenters. The maximum Gasteiger partial charge on any atom is 0.235 e. The molecule has 1 rings (SSSR count). The van der Waals surface area contributed by atoms with Crippen molar-refractivity contribution in [3.8, 4) is 0 Å². The number of hydrogen-bond acceptors (Lipinski definition) is 3. The van der Waals surface area contributed by atoms with Crippen molar-refractivity contribution in [3.05, 3.63) is 35.9 Å². The van der Waals surface area contributed by atoms with Gasteiger partial charge < -0.3 is 5.32 Å². The number of hydrogen-bond donors (Lipinski definition) is 2.